The molecule has 1 saturated carbocycles. The molecule has 2 nitrogen and oxygen atoms in total. The van der Waals surface area contributed by atoms with E-state index in [0.717, 1.165) is 13.0 Å². The van der Waals surface area contributed by atoms with Crippen molar-refractivity contribution in [3.63, 3.8) is 0 Å². The van der Waals surface area contributed by atoms with Crippen molar-refractivity contribution in [1.82, 2.24) is 0 Å². The Bertz CT molecular complexity index is 286. The number of hydrogen-bond acceptors (Lipinski definition) is 2. The molecule has 1 aliphatic rings. The highest BCUT2D eigenvalue weighted by molar-refractivity contribution is 5.27. The molecule has 1 aromatic carbocycles. The first-order chi connectivity index (χ1) is 8.77. The van der Waals surface area contributed by atoms with Crippen LogP contribution in [0.25, 0.3) is 0 Å². The van der Waals surface area contributed by atoms with E-state index >= 15 is 0 Å². The molecule has 1 aliphatic carbocycles. The lowest BCUT2D eigenvalue weighted by atomic mass is 9.94. The quantitative estimate of drug-likeness (QED) is 0.842. The van der Waals surface area contributed by atoms with E-state index in [9.17, 15) is 0 Å². The summed E-state index contributed by atoms with van der Waals surface area (Å²) in [5, 5.41) is 7.00. The van der Waals surface area contributed by atoms with Gasteiger partial charge < -0.3 is 10.8 Å². The van der Waals surface area contributed by atoms with E-state index in [1.165, 1.54) is 38.3 Å². The predicted molar refractivity (Wildman–Crippen MR) is 80.0 cm³/mol. The highest BCUT2D eigenvalue weighted by Crippen LogP contribution is 2.34. The van der Waals surface area contributed by atoms with Gasteiger partial charge in [0.2, 0.25) is 0 Å². The summed E-state index contributed by atoms with van der Waals surface area (Å²) in [5.74, 6) is 1.52. The van der Waals surface area contributed by atoms with E-state index in [1.54, 1.807) is 5.56 Å². The summed E-state index contributed by atoms with van der Waals surface area (Å²) in [6.07, 6.45) is 5.66. The Morgan fingerprint density at radius 2 is 1.44 bits per heavy atom. The van der Waals surface area contributed by atoms with Gasteiger partial charge >= 0.3 is 0 Å². The van der Waals surface area contributed by atoms with Gasteiger partial charge in [-0.3, -0.25) is 0 Å². The van der Waals surface area contributed by atoms with Gasteiger partial charge in [-0.25, -0.2) is 0 Å². The van der Waals surface area contributed by atoms with Crippen LogP contribution in [0.2, 0.25) is 0 Å². The van der Waals surface area contributed by atoms with Crippen molar-refractivity contribution in [2.45, 2.75) is 51.4 Å². The third-order valence-electron chi connectivity index (χ3n) is 3.43. The Labute approximate surface area is 112 Å². The number of hydrogen-bond donors (Lipinski definition) is 2. The lowest BCUT2D eigenvalue weighted by molar-refractivity contribution is 0.399. The van der Waals surface area contributed by atoms with Gasteiger partial charge in [0.05, 0.1) is 0 Å². The van der Waals surface area contributed by atoms with E-state index in [0.29, 0.717) is 5.92 Å². The van der Waals surface area contributed by atoms with Gasteiger partial charge in [0.1, 0.15) is 0 Å². The van der Waals surface area contributed by atoms with Crippen molar-refractivity contribution in [2.75, 3.05) is 14.2 Å². The van der Waals surface area contributed by atoms with Gasteiger partial charge in [-0.15, -0.1) is 0 Å². The van der Waals surface area contributed by atoms with Crippen LogP contribution < -0.4 is 5.73 Å². The van der Waals surface area contributed by atoms with Crippen LogP contribution in [0.5, 0.6) is 0 Å². The zero-order valence-corrected chi connectivity index (χ0v) is 12.3. The molecular weight excluding hydrogens is 222 g/mol. The lowest BCUT2D eigenvalue weighted by Crippen LogP contribution is -1.93. The van der Waals surface area contributed by atoms with Crippen molar-refractivity contribution < 1.29 is 5.11 Å². The van der Waals surface area contributed by atoms with Crippen LogP contribution in [0.1, 0.15) is 62.5 Å². The van der Waals surface area contributed by atoms with Gasteiger partial charge in [0.25, 0.3) is 0 Å². The normalized spacial score (nSPS) is 14.6. The van der Waals surface area contributed by atoms with Crippen LogP contribution in [0.4, 0.5) is 0 Å². The monoisotopic (exact) mass is 251 g/mol. The summed E-state index contributed by atoms with van der Waals surface area (Å²) in [5.41, 5.74) is 7.53. The highest BCUT2D eigenvalue weighted by atomic mass is 16.2. The molecule has 2 rings (SSSR count). The average Bonchev–Trinajstić information content (AvgIpc) is 2.97. The molecule has 0 amide bonds. The van der Waals surface area contributed by atoms with Crippen LogP contribution in [0, 0.1) is 0 Å². The first-order valence-electron chi connectivity index (χ1n) is 6.89. The average molecular weight is 251 g/mol. The molecule has 104 valence electrons. The fourth-order valence-corrected chi connectivity index (χ4v) is 2.41. The van der Waals surface area contributed by atoms with Crippen LogP contribution in [0.15, 0.2) is 24.3 Å². The summed E-state index contributed by atoms with van der Waals surface area (Å²) in [6.45, 7) is 4.51. The Morgan fingerprint density at radius 1 is 1.00 bits per heavy atom. The molecule has 0 aromatic heterocycles. The molecule has 0 bridgehead atoms. The van der Waals surface area contributed by atoms with Gasteiger partial charge in [0, 0.05) is 7.11 Å². The van der Waals surface area contributed by atoms with Crippen LogP contribution in [-0.2, 0) is 0 Å². The molecule has 0 atom stereocenters. The molecule has 0 saturated heterocycles. The van der Waals surface area contributed by atoms with Crippen molar-refractivity contribution >= 4 is 0 Å². The van der Waals surface area contributed by atoms with Gasteiger partial charge in [-0.05, 0) is 42.9 Å². The minimum Gasteiger partial charge on any atom is -0.400 e. The van der Waals surface area contributed by atoms with E-state index in [1.807, 2.05) is 0 Å². The Hall–Kier alpha value is -0.860. The molecule has 0 radical (unpaired) electrons. The van der Waals surface area contributed by atoms with Gasteiger partial charge in [-0.2, -0.15) is 0 Å². The molecule has 0 spiro atoms. The summed E-state index contributed by atoms with van der Waals surface area (Å²) in [7, 11) is 2.50. The van der Waals surface area contributed by atoms with Crippen molar-refractivity contribution in [2.24, 2.45) is 5.73 Å². The second-order valence-electron chi connectivity index (χ2n) is 4.80. The van der Waals surface area contributed by atoms with Crippen LogP contribution in [0.3, 0.4) is 0 Å². The standard InChI is InChI=1S/C14H20.CH5N.CH4O/c1-11(2)12-7-9-14(10-8-12)13-5-3-4-6-13;2*1-2/h7-11,13H,3-6H2,1-2H3;2H2,1H3;2H,1H3. The molecule has 0 unspecified atom stereocenters. The van der Waals surface area contributed by atoms with Crippen molar-refractivity contribution in [1.29, 1.82) is 0 Å². The molecule has 1 fully saturated rings. The SMILES string of the molecule is CC(C)c1ccc(C2CCCC2)cc1.CN.CO. The zero-order valence-electron chi connectivity index (χ0n) is 12.3. The van der Waals surface area contributed by atoms with Gasteiger partial charge in [0.15, 0.2) is 0 Å². The molecule has 1 aromatic rings. The number of aliphatic hydroxyl groups is 1. The van der Waals surface area contributed by atoms with Gasteiger partial charge in [-0.1, -0.05) is 51.0 Å². The molecule has 0 heterocycles. The molecule has 3 N–H and O–H groups in total. The first-order valence-corrected chi connectivity index (χ1v) is 6.89. The molecule has 2 heteroatoms. The lowest BCUT2D eigenvalue weighted by Gasteiger charge is -2.11. The van der Waals surface area contributed by atoms with Crippen molar-refractivity contribution in [3.05, 3.63) is 35.4 Å². The molecular formula is C16H29NO. The van der Waals surface area contributed by atoms with Crippen molar-refractivity contribution in [3.8, 4) is 0 Å². The summed E-state index contributed by atoms with van der Waals surface area (Å²) < 4.78 is 0. The van der Waals surface area contributed by atoms with E-state index in [4.69, 9.17) is 5.11 Å². The Kier molecular flexibility index (Phi) is 9.62. The summed E-state index contributed by atoms with van der Waals surface area (Å²) in [6, 6.07) is 9.28. The third kappa shape index (κ3) is 5.19. The first kappa shape index (κ1) is 17.1. The second-order valence-corrected chi connectivity index (χ2v) is 4.80. The maximum absolute atomic E-state index is 7.00. The number of rotatable bonds is 2. The fraction of sp³-hybridized carbons (Fsp3) is 0.625. The number of nitrogens with two attached hydrogens (primary N) is 1. The molecule has 0 aliphatic heterocycles. The maximum atomic E-state index is 7.00. The molecule has 18 heavy (non-hydrogen) atoms. The second kappa shape index (κ2) is 10.1. The largest absolute Gasteiger partial charge is 0.400 e. The highest BCUT2D eigenvalue weighted by Gasteiger charge is 2.16. The Balaban J connectivity index is 0.000000659. The predicted octanol–water partition coefficient (Wildman–Crippen LogP) is 3.65. The topological polar surface area (TPSA) is 46.2 Å². The summed E-state index contributed by atoms with van der Waals surface area (Å²) >= 11 is 0. The number of benzene rings is 1. The maximum Gasteiger partial charge on any atom is 0.0319 e. The Morgan fingerprint density at radius 3 is 1.83 bits per heavy atom. The minimum absolute atomic E-state index is 0.660. The number of aliphatic hydroxyl groups excluding tert-OH is 1. The minimum atomic E-state index is 0.660. The van der Waals surface area contributed by atoms with E-state index in [2.05, 4.69) is 43.8 Å². The third-order valence-corrected chi connectivity index (χ3v) is 3.43. The van der Waals surface area contributed by atoms with Crippen LogP contribution >= 0.6 is 0 Å². The van der Waals surface area contributed by atoms with E-state index in [-0.39, 0.29) is 0 Å². The summed E-state index contributed by atoms with van der Waals surface area (Å²) in [4.78, 5) is 0. The smallest absolute Gasteiger partial charge is 0.0319 e. The van der Waals surface area contributed by atoms with Crippen LogP contribution in [-0.4, -0.2) is 19.3 Å². The fourth-order valence-electron chi connectivity index (χ4n) is 2.41. The van der Waals surface area contributed by atoms with E-state index < -0.39 is 0 Å². The zero-order chi connectivity index (χ0) is 14.0.